The predicted molar refractivity (Wildman–Crippen MR) is 57.6 cm³/mol. The lowest BCUT2D eigenvalue weighted by molar-refractivity contribution is 0.456. The van der Waals surface area contributed by atoms with Crippen molar-refractivity contribution in [2.75, 3.05) is 6.54 Å². The third-order valence-electron chi connectivity index (χ3n) is 2.72. The van der Waals surface area contributed by atoms with E-state index in [1.165, 1.54) is 0 Å². The van der Waals surface area contributed by atoms with Crippen LogP contribution < -0.4 is 5.32 Å². The van der Waals surface area contributed by atoms with E-state index >= 15 is 0 Å². The Morgan fingerprint density at radius 2 is 2.29 bits per heavy atom. The summed E-state index contributed by atoms with van der Waals surface area (Å²) in [4.78, 5) is 0. The van der Waals surface area contributed by atoms with Crippen LogP contribution in [0.4, 0.5) is 0 Å². The molecule has 0 spiro atoms. The number of rotatable bonds is 1. The lowest BCUT2D eigenvalue weighted by Crippen LogP contribution is -2.13. The molecule has 2 nitrogen and oxygen atoms in total. The van der Waals surface area contributed by atoms with Crippen LogP contribution in [0.25, 0.3) is 0 Å². The van der Waals surface area contributed by atoms with E-state index in [0.29, 0.717) is 16.7 Å². The third kappa shape index (κ3) is 1.86. The van der Waals surface area contributed by atoms with Gasteiger partial charge >= 0.3 is 0 Å². The van der Waals surface area contributed by atoms with Gasteiger partial charge in [-0.05, 0) is 37.1 Å². The summed E-state index contributed by atoms with van der Waals surface area (Å²) in [6.45, 7) is 3.21. The van der Waals surface area contributed by atoms with Crippen LogP contribution in [0.2, 0.25) is 5.02 Å². The van der Waals surface area contributed by atoms with Crippen molar-refractivity contribution in [2.45, 2.75) is 19.4 Å². The fraction of sp³-hybridized carbons (Fsp3) is 0.455. The van der Waals surface area contributed by atoms with Crippen LogP contribution in [0, 0.1) is 5.92 Å². The lowest BCUT2D eigenvalue weighted by Gasteiger charge is -2.12. The molecule has 1 saturated heterocycles. The van der Waals surface area contributed by atoms with Gasteiger partial charge in [-0.2, -0.15) is 0 Å². The van der Waals surface area contributed by atoms with Crippen LogP contribution in [0.15, 0.2) is 18.2 Å². The van der Waals surface area contributed by atoms with Crippen molar-refractivity contribution in [1.82, 2.24) is 5.32 Å². The van der Waals surface area contributed by atoms with Gasteiger partial charge < -0.3 is 10.4 Å². The van der Waals surface area contributed by atoms with Crippen LogP contribution in [0.1, 0.15) is 24.9 Å². The Bertz CT molecular complexity index is 340. The van der Waals surface area contributed by atoms with Gasteiger partial charge in [-0.1, -0.05) is 18.5 Å². The van der Waals surface area contributed by atoms with Crippen LogP contribution in [-0.2, 0) is 0 Å². The van der Waals surface area contributed by atoms with Gasteiger partial charge in [0.25, 0.3) is 0 Å². The van der Waals surface area contributed by atoms with E-state index in [-0.39, 0.29) is 6.04 Å². The van der Waals surface area contributed by atoms with E-state index < -0.39 is 0 Å². The minimum Gasteiger partial charge on any atom is -0.508 e. The number of halogens is 1. The average molecular weight is 212 g/mol. The molecule has 3 heteroatoms. The zero-order valence-electron chi connectivity index (χ0n) is 8.13. The molecule has 0 unspecified atom stereocenters. The number of phenols is 1. The van der Waals surface area contributed by atoms with Gasteiger partial charge in [0.15, 0.2) is 0 Å². The Morgan fingerprint density at radius 1 is 1.50 bits per heavy atom. The zero-order valence-corrected chi connectivity index (χ0v) is 8.88. The quantitative estimate of drug-likeness (QED) is 0.749. The molecule has 1 aromatic carbocycles. The first-order valence-corrected chi connectivity index (χ1v) is 5.26. The van der Waals surface area contributed by atoms with Crippen molar-refractivity contribution < 1.29 is 5.11 Å². The van der Waals surface area contributed by atoms with Crippen molar-refractivity contribution >= 4 is 11.6 Å². The van der Waals surface area contributed by atoms with Gasteiger partial charge in [0.05, 0.1) is 0 Å². The smallest absolute Gasteiger partial charge is 0.120 e. The Morgan fingerprint density at radius 3 is 2.93 bits per heavy atom. The highest BCUT2D eigenvalue weighted by Crippen LogP contribution is 2.33. The van der Waals surface area contributed by atoms with E-state index in [0.717, 1.165) is 18.5 Å². The van der Waals surface area contributed by atoms with E-state index in [1.54, 1.807) is 12.1 Å². The molecule has 2 rings (SSSR count). The molecule has 76 valence electrons. The van der Waals surface area contributed by atoms with Gasteiger partial charge in [0.1, 0.15) is 5.75 Å². The molecular formula is C11H14ClNO. The molecule has 2 atom stereocenters. The topological polar surface area (TPSA) is 32.3 Å². The van der Waals surface area contributed by atoms with Crippen molar-refractivity contribution in [3.05, 3.63) is 28.8 Å². The Balaban J connectivity index is 2.27. The molecule has 1 heterocycles. The normalized spacial score (nSPS) is 26.7. The molecule has 1 fully saturated rings. The molecule has 0 bridgehead atoms. The summed E-state index contributed by atoms with van der Waals surface area (Å²) in [6, 6.07) is 5.46. The Hall–Kier alpha value is -0.730. The highest BCUT2D eigenvalue weighted by Gasteiger charge is 2.24. The number of aromatic hydroxyl groups is 1. The minimum atomic E-state index is 0.253. The van der Waals surface area contributed by atoms with Crippen molar-refractivity contribution in [2.24, 2.45) is 5.92 Å². The molecule has 14 heavy (non-hydrogen) atoms. The third-order valence-corrected chi connectivity index (χ3v) is 2.95. The first-order chi connectivity index (χ1) is 6.66. The van der Waals surface area contributed by atoms with E-state index in [2.05, 4.69) is 12.2 Å². The zero-order chi connectivity index (χ0) is 10.1. The largest absolute Gasteiger partial charge is 0.508 e. The number of hydrogen-bond donors (Lipinski definition) is 2. The second-order valence-corrected chi connectivity index (χ2v) is 4.44. The Kier molecular flexibility index (Phi) is 2.66. The Labute approximate surface area is 88.9 Å². The summed E-state index contributed by atoms with van der Waals surface area (Å²) in [7, 11) is 0. The number of hydrogen-bond acceptors (Lipinski definition) is 2. The van der Waals surface area contributed by atoms with Crippen LogP contribution >= 0.6 is 11.6 Å². The summed E-state index contributed by atoms with van der Waals surface area (Å²) >= 11 is 5.89. The van der Waals surface area contributed by atoms with Crippen LogP contribution in [0.5, 0.6) is 5.75 Å². The predicted octanol–water partition coefficient (Wildman–Crippen LogP) is 2.72. The minimum absolute atomic E-state index is 0.253. The standard InChI is InChI=1S/C11H14ClNO/c1-7-4-10(13-6-7)9-5-8(12)2-3-11(9)14/h2-3,5,7,10,13-14H,4,6H2,1H3/t7-,10-/m1/s1. The lowest BCUT2D eigenvalue weighted by atomic mass is 10.0. The molecule has 0 radical (unpaired) electrons. The monoisotopic (exact) mass is 211 g/mol. The SMILES string of the molecule is C[C@H]1CN[C@@H](c2cc(Cl)ccc2O)C1. The number of benzene rings is 1. The molecular weight excluding hydrogens is 198 g/mol. The molecule has 1 aliphatic rings. The molecule has 0 amide bonds. The van der Waals surface area contributed by atoms with Crippen molar-refractivity contribution in [3.63, 3.8) is 0 Å². The van der Waals surface area contributed by atoms with Crippen molar-refractivity contribution in [3.8, 4) is 5.75 Å². The first-order valence-electron chi connectivity index (χ1n) is 4.88. The van der Waals surface area contributed by atoms with Gasteiger partial charge in [-0.15, -0.1) is 0 Å². The number of nitrogens with one attached hydrogen (secondary N) is 1. The molecule has 1 aliphatic heterocycles. The molecule has 0 aromatic heterocycles. The summed E-state index contributed by atoms with van der Waals surface area (Å²) in [5, 5.41) is 13.7. The van der Waals surface area contributed by atoms with Crippen LogP contribution in [0.3, 0.4) is 0 Å². The second-order valence-electron chi connectivity index (χ2n) is 4.00. The highest BCUT2D eigenvalue weighted by molar-refractivity contribution is 6.30. The van der Waals surface area contributed by atoms with Crippen molar-refractivity contribution in [1.29, 1.82) is 0 Å². The van der Waals surface area contributed by atoms with Crippen LogP contribution in [-0.4, -0.2) is 11.7 Å². The fourth-order valence-electron chi connectivity index (χ4n) is 1.95. The molecule has 0 saturated carbocycles. The number of phenolic OH excluding ortho intramolecular Hbond substituents is 1. The van der Waals surface area contributed by atoms with E-state index in [9.17, 15) is 5.11 Å². The maximum absolute atomic E-state index is 9.68. The molecule has 2 N–H and O–H groups in total. The fourth-order valence-corrected chi connectivity index (χ4v) is 2.13. The van der Waals surface area contributed by atoms with Gasteiger partial charge in [0.2, 0.25) is 0 Å². The second kappa shape index (κ2) is 3.79. The van der Waals surface area contributed by atoms with Gasteiger partial charge in [-0.25, -0.2) is 0 Å². The highest BCUT2D eigenvalue weighted by atomic mass is 35.5. The summed E-state index contributed by atoms with van der Waals surface area (Å²) in [6.07, 6.45) is 1.06. The average Bonchev–Trinajstić information content (AvgIpc) is 2.56. The maximum Gasteiger partial charge on any atom is 0.120 e. The maximum atomic E-state index is 9.68. The van der Waals surface area contributed by atoms with Gasteiger partial charge in [-0.3, -0.25) is 0 Å². The molecule has 1 aromatic rings. The summed E-state index contributed by atoms with van der Waals surface area (Å²) in [5.74, 6) is 0.999. The first kappa shape index (κ1) is 9.81. The van der Waals surface area contributed by atoms with E-state index in [4.69, 9.17) is 11.6 Å². The summed E-state index contributed by atoms with van der Waals surface area (Å²) in [5.41, 5.74) is 0.918. The summed E-state index contributed by atoms with van der Waals surface area (Å²) < 4.78 is 0. The van der Waals surface area contributed by atoms with E-state index in [1.807, 2.05) is 6.07 Å². The van der Waals surface area contributed by atoms with Gasteiger partial charge in [0, 0.05) is 16.6 Å². The molecule has 0 aliphatic carbocycles.